The molecule has 0 saturated heterocycles. The maximum Gasteiger partial charge on any atom is 0.272 e. The molecule has 3 aromatic rings. The zero-order valence-electron chi connectivity index (χ0n) is 14.0. The second kappa shape index (κ2) is 8.13. The lowest BCUT2D eigenvalue weighted by Gasteiger charge is -2.07. The van der Waals surface area contributed by atoms with Gasteiger partial charge in [0.2, 0.25) is 0 Å². The highest BCUT2D eigenvalue weighted by Crippen LogP contribution is 2.16. The maximum absolute atomic E-state index is 12.9. The van der Waals surface area contributed by atoms with Gasteiger partial charge in [0.05, 0.1) is 22.9 Å². The molecule has 136 valence electrons. The molecule has 1 aromatic carbocycles. The monoisotopic (exact) mass is 421 g/mol. The summed E-state index contributed by atoms with van der Waals surface area (Å²) in [5, 5.41) is 11.2. The van der Waals surface area contributed by atoms with Crippen LogP contribution in [0, 0.1) is 5.82 Å². The molecule has 26 heavy (non-hydrogen) atoms. The van der Waals surface area contributed by atoms with Crippen LogP contribution in [0.25, 0.3) is 0 Å². The summed E-state index contributed by atoms with van der Waals surface area (Å²) in [6, 6.07) is 7.30. The van der Waals surface area contributed by atoms with Crippen molar-refractivity contribution in [2.24, 2.45) is 0 Å². The van der Waals surface area contributed by atoms with Crippen LogP contribution in [0.3, 0.4) is 0 Å². The fourth-order valence-corrected chi connectivity index (χ4v) is 2.75. The third-order valence-corrected chi connectivity index (χ3v) is 4.33. The molecule has 0 aliphatic carbocycles. The number of nitrogens with one attached hydrogen (secondary N) is 1. The third kappa shape index (κ3) is 4.29. The Morgan fingerprint density at radius 3 is 2.81 bits per heavy atom. The van der Waals surface area contributed by atoms with E-state index in [1.54, 1.807) is 23.1 Å². The van der Waals surface area contributed by atoms with Gasteiger partial charge in [0.15, 0.2) is 6.73 Å². The predicted octanol–water partition coefficient (Wildman–Crippen LogP) is 2.97. The quantitative estimate of drug-likeness (QED) is 0.636. The van der Waals surface area contributed by atoms with Gasteiger partial charge in [0.25, 0.3) is 5.91 Å². The molecule has 7 nitrogen and oxygen atoms in total. The molecule has 0 saturated carbocycles. The van der Waals surface area contributed by atoms with Gasteiger partial charge in [-0.3, -0.25) is 9.48 Å². The molecule has 0 atom stereocenters. The summed E-state index contributed by atoms with van der Waals surface area (Å²) in [7, 11) is 0. The van der Waals surface area contributed by atoms with Crippen LogP contribution in [0.5, 0.6) is 5.75 Å². The first-order valence-corrected chi connectivity index (χ1v) is 8.76. The SMILES string of the molecule is CCn1ncc(Br)c1CNC(=O)c1ccn(COc2ccc(F)cc2)n1. The molecule has 0 radical (unpaired) electrons. The van der Waals surface area contributed by atoms with E-state index in [1.165, 1.54) is 28.9 Å². The number of hydrogen-bond acceptors (Lipinski definition) is 4. The van der Waals surface area contributed by atoms with Gasteiger partial charge in [0.1, 0.15) is 17.3 Å². The van der Waals surface area contributed by atoms with Gasteiger partial charge < -0.3 is 10.1 Å². The van der Waals surface area contributed by atoms with Crippen LogP contribution >= 0.6 is 15.9 Å². The van der Waals surface area contributed by atoms with Crippen molar-refractivity contribution in [1.29, 1.82) is 0 Å². The minimum Gasteiger partial charge on any atom is -0.471 e. The summed E-state index contributed by atoms with van der Waals surface area (Å²) >= 11 is 3.42. The highest BCUT2D eigenvalue weighted by Gasteiger charge is 2.13. The number of aryl methyl sites for hydroxylation is 1. The van der Waals surface area contributed by atoms with E-state index in [0.29, 0.717) is 18.8 Å². The van der Waals surface area contributed by atoms with Crippen LogP contribution in [0.1, 0.15) is 23.1 Å². The fourth-order valence-electron chi connectivity index (χ4n) is 2.32. The van der Waals surface area contributed by atoms with Crippen LogP contribution in [0.4, 0.5) is 4.39 Å². The zero-order chi connectivity index (χ0) is 18.5. The van der Waals surface area contributed by atoms with Crippen molar-refractivity contribution in [2.75, 3.05) is 0 Å². The van der Waals surface area contributed by atoms with Gasteiger partial charge in [-0.15, -0.1) is 0 Å². The third-order valence-electron chi connectivity index (χ3n) is 3.66. The van der Waals surface area contributed by atoms with Gasteiger partial charge in [-0.25, -0.2) is 9.07 Å². The number of hydrogen-bond donors (Lipinski definition) is 1. The summed E-state index contributed by atoms with van der Waals surface area (Å²) in [5.41, 5.74) is 1.17. The Labute approximate surface area is 157 Å². The smallest absolute Gasteiger partial charge is 0.272 e. The second-order valence-corrected chi connectivity index (χ2v) is 6.26. The first-order chi connectivity index (χ1) is 12.6. The summed E-state index contributed by atoms with van der Waals surface area (Å²) in [6.45, 7) is 3.15. The summed E-state index contributed by atoms with van der Waals surface area (Å²) in [4.78, 5) is 12.3. The topological polar surface area (TPSA) is 74.0 Å². The number of aromatic nitrogens is 4. The molecule has 0 fully saturated rings. The van der Waals surface area contributed by atoms with Crippen molar-refractivity contribution in [1.82, 2.24) is 24.9 Å². The number of amides is 1. The van der Waals surface area contributed by atoms with Gasteiger partial charge in [-0.1, -0.05) is 0 Å². The van der Waals surface area contributed by atoms with Crippen molar-refractivity contribution in [2.45, 2.75) is 26.7 Å². The van der Waals surface area contributed by atoms with Crippen molar-refractivity contribution < 1.29 is 13.9 Å². The van der Waals surface area contributed by atoms with E-state index in [2.05, 4.69) is 31.4 Å². The fraction of sp³-hybridized carbons (Fsp3) is 0.235. The van der Waals surface area contributed by atoms with Crippen LogP contribution in [0.2, 0.25) is 0 Å². The van der Waals surface area contributed by atoms with E-state index in [0.717, 1.165) is 10.2 Å². The standard InChI is InChI=1S/C17H17BrFN5O2/c1-2-24-16(14(18)9-21-24)10-20-17(25)15-7-8-23(22-15)11-26-13-5-3-12(19)4-6-13/h3-9H,2,10-11H2,1H3,(H,20,25). The van der Waals surface area contributed by atoms with Crippen LogP contribution in [-0.4, -0.2) is 25.5 Å². The Morgan fingerprint density at radius 1 is 1.31 bits per heavy atom. The maximum atomic E-state index is 12.9. The van der Waals surface area contributed by atoms with Gasteiger partial charge in [-0.2, -0.15) is 10.2 Å². The van der Waals surface area contributed by atoms with E-state index >= 15 is 0 Å². The van der Waals surface area contributed by atoms with Gasteiger partial charge >= 0.3 is 0 Å². The minimum atomic E-state index is -0.327. The molecule has 1 N–H and O–H groups in total. The molecular weight excluding hydrogens is 405 g/mol. The number of carbonyl (C=O) groups is 1. The Hall–Kier alpha value is -2.68. The van der Waals surface area contributed by atoms with Gasteiger partial charge in [-0.05, 0) is 53.2 Å². The number of benzene rings is 1. The first kappa shape index (κ1) is 18.1. The Morgan fingerprint density at radius 2 is 2.08 bits per heavy atom. The Balaban J connectivity index is 1.55. The van der Waals surface area contributed by atoms with Crippen LogP contribution < -0.4 is 10.1 Å². The summed E-state index contributed by atoms with van der Waals surface area (Å²) in [5.74, 6) is -0.0988. The largest absolute Gasteiger partial charge is 0.471 e. The predicted molar refractivity (Wildman–Crippen MR) is 96.0 cm³/mol. The van der Waals surface area contributed by atoms with E-state index in [1.807, 2.05) is 6.92 Å². The van der Waals surface area contributed by atoms with Crippen molar-refractivity contribution in [3.05, 3.63) is 64.4 Å². The summed E-state index contributed by atoms with van der Waals surface area (Å²) in [6.07, 6.45) is 3.34. The van der Waals surface area contributed by atoms with Crippen molar-refractivity contribution in [3.8, 4) is 5.75 Å². The van der Waals surface area contributed by atoms with Crippen LogP contribution in [0.15, 0.2) is 47.2 Å². The first-order valence-electron chi connectivity index (χ1n) is 7.97. The molecule has 0 bridgehead atoms. The molecule has 0 spiro atoms. The highest BCUT2D eigenvalue weighted by atomic mass is 79.9. The average molecular weight is 422 g/mol. The summed E-state index contributed by atoms with van der Waals surface area (Å²) < 4.78 is 22.5. The lowest BCUT2D eigenvalue weighted by atomic mass is 10.3. The lowest BCUT2D eigenvalue weighted by molar-refractivity contribution is 0.0942. The molecule has 2 aromatic heterocycles. The second-order valence-electron chi connectivity index (χ2n) is 5.41. The number of nitrogens with zero attached hydrogens (tertiary/aromatic N) is 4. The van der Waals surface area contributed by atoms with E-state index in [9.17, 15) is 9.18 Å². The van der Waals surface area contributed by atoms with E-state index in [-0.39, 0.29) is 24.1 Å². The highest BCUT2D eigenvalue weighted by molar-refractivity contribution is 9.10. The minimum absolute atomic E-state index is 0.118. The zero-order valence-corrected chi connectivity index (χ0v) is 15.6. The molecule has 9 heteroatoms. The number of rotatable bonds is 7. The Bertz CT molecular complexity index is 891. The Kier molecular flexibility index (Phi) is 5.67. The van der Waals surface area contributed by atoms with Gasteiger partial charge in [0, 0.05) is 12.7 Å². The molecule has 3 rings (SSSR count). The molecule has 0 unspecified atom stereocenters. The molecule has 0 aliphatic heterocycles. The number of carbonyl (C=O) groups excluding carboxylic acids is 1. The normalized spacial score (nSPS) is 10.7. The van der Waals surface area contributed by atoms with Crippen molar-refractivity contribution in [3.63, 3.8) is 0 Å². The lowest BCUT2D eigenvalue weighted by Crippen LogP contribution is -2.25. The molecule has 1 amide bonds. The molecule has 2 heterocycles. The number of ether oxygens (including phenoxy) is 1. The number of halogens is 2. The molecule has 0 aliphatic rings. The van der Waals surface area contributed by atoms with E-state index < -0.39 is 0 Å². The van der Waals surface area contributed by atoms with Crippen LogP contribution in [-0.2, 0) is 19.8 Å². The van der Waals surface area contributed by atoms with Crippen molar-refractivity contribution >= 4 is 21.8 Å². The van der Waals surface area contributed by atoms with E-state index in [4.69, 9.17) is 4.74 Å². The molecular formula is C17H17BrFN5O2. The average Bonchev–Trinajstić information content (AvgIpc) is 3.26.